The number of amides is 3. The molecule has 3 aromatic rings. The van der Waals surface area contributed by atoms with E-state index in [2.05, 4.69) is 17.2 Å². The summed E-state index contributed by atoms with van der Waals surface area (Å²) in [5, 5.41) is 3.84. The van der Waals surface area contributed by atoms with Crippen molar-refractivity contribution in [3.05, 3.63) is 63.9 Å². The van der Waals surface area contributed by atoms with E-state index in [0.717, 1.165) is 30.6 Å². The molecule has 9 heteroatoms. The quantitative estimate of drug-likeness (QED) is 0.216. The van der Waals surface area contributed by atoms with Gasteiger partial charge in [0.05, 0.1) is 27.8 Å². The van der Waals surface area contributed by atoms with E-state index in [-0.39, 0.29) is 28.7 Å². The van der Waals surface area contributed by atoms with Crippen molar-refractivity contribution in [2.45, 2.75) is 44.3 Å². The van der Waals surface area contributed by atoms with Gasteiger partial charge in [0.25, 0.3) is 17.4 Å². The number of carbonyl (C=O) groups is 3. The zero-order valence-electron chi connectivity index (χ0n) is 19.2. The predicted molar refractivity (Wildman–Crippen MR) is 132 cm³/mol. The fourth-order valence-corrected chi connectivity index (χ4v) is 4.74. The number of hydrogen-bond donors (Lipinski definition) is 1. The first kappa shape index (κ1) is 23.7. The van der Waals surface area contributed by atoms with Crippen molar-refractivity contribution in [1.29, 1.82) is 0 Å². The lowest BCUT2D eigenvalue weighted by Gasteiger charge is -2.13. The summed E-state index contributed by atoms with van der Waals surface area (Å²) in [5.74, 6) is -0.996. The Morgan fingerprint density at radius 1 is 1.00 bits per heavy atom. The van der Waals surface area contributed by atoms with Crippen LogP contribution < -0.4 is 10.9 Å². The molecule has 1 aliphatic heterocycles. The van der Waals surface area contributed by atoms with Gasteiger partial charge in [-0.05, 0) is 36.8 Å². The summed E-state index contributed by atoms with van der Waals surface area (Å²) in [6, 6.07) is 11.9. The van der Waals surface area contributed by atoms with Gasteiger partial charge in [-0.3, -0.25) is 28.6 Å². The Morgan fingerprint density at radius 2 is 1.76 bits per heavy atom. The molecule has 176 valence electrons. The number of aromatic nitrogens is 2. The molecule has 2 heterocycles. The second kappa shape index (κ2) is 10.2. The van der Waals surface area contributed by atoms with Crippen molar-refractivity contribution in [2.24, 2.45) is 0 Å². The monoisotopic (exact) mass is 478 g/mol. The SMILES string of the molecule is CCCCCCn1c(SCC(=O)Nc2ccc3c(c2)C(=O)N(C)C3=O)nc2ccccc2c1=O. The minimum Gasteiger partial charge on any atom is -0.325 e. The summed E-state index contributed by atoms with van der Waals surface area (Å²) >= 11 is 1.20. The summed E-state index contributed by atoms with van der Waals surface area (Å²) in [6.45, 7) is 2.69. The maximum absolute atomic E-state index is 13.1. The van der Waals surface area contributed by atoms with Gasteiger partial charge in [-0.25, -0.2) is 4.98 Å². The molecule has 1 aliphatic rings. The van der Waals surface area contributed by atoms with Gasteiger partial charge in [0.2, 0.25) is 5.91 Å². The van der Waals surface area contributed by atoms with Gasteiger partial charge in [-0.2, -0.15) is 0 Å². The average molecular weight is 479 g/mol. The lowest BCUT2D eigenvalue weighted by Crippen LogP contribution is -2.24. The molecular formula is C25H26N4O4S. The zero-order valence-corrected chi connectivity index (χ0v) is 20.0. The van der Waals surface area contributed by atoms with Gasteiger partial charge in [0, 0.05) is 19.3 Å². The first-order chi connectivity index (χ1) is 16.4. The number of fused-ring (bicyclic) bond motifs is 2. The van der Waals surface area contributed by atoms with Crippen LogP contribution in [0.25, 0.3) is 10.9 Å². The van der Waals surface area contributed by atoms with E-state index < -0.39 is 5.91 Å². The molecule has 0 unspecified atom stereocenters. The second-order valence-electron chi connectivity index (χ2n) is 8.20. The van der Waals surface area contributed by atoms with Crippen LogP contribution in [0, 0.1) is 0 Å². The van der Waals surface area contributed by atoms with Crippen LogP contribution in [0.3, 0.4) is 0 Å². The van der Waals surface area contributed by atoms with Crippen molar-refractivity contribution in [3.8, 4) is 0 Å². The van der Waals surface area contributed by atoms with Crippen LogP contribution in [0.2, 0.25) is 0 Å². The van der Waals surface area contributed by atoms with Gasteiger partial charge in [-0.1, -0.05) is 50.1 Å². The lowest BCUT2D eigenvalue weighted by atomic mass is 10.1. The first-order valence-corrected chi connectivity index (χ1v) is 12.3. The number of hydrogen-bond acceptors (Lipinski definition) is 6. The summed E-state index contributed by atoms with van der Waals surface area (Å²) in [6.07, 6.45) is 4.09. The molecule has 3 amide bonds. The third-order valence-electron chi connectivity index (χ3n) is 5.77. The number of rotatable bonds is 9. The Balaban J connectivity index is 1.49. The number of benzene rings is 2. The molecule has 2 aromatic carbocycles. The minimum atomic E-state index is -0.391. The van der Waals surface area contributed by atoms with E-state index in [1.807, 2.05) is 12.1 Å². The topological polar surface area (TPSA) is 101 Å². The fraction of sp³-hybridized carbons (Fsp3) is 0.320. The lowest BCUT2D eigenvalue weighted by molar-refractivity contribution is -0.113. The van der Waals surface area contributed by atoms with Gasteiger partial charge in [0.1, 0.15) is 0 Å². The molecule has 8 nitrogen and oxygen atoms in total. The number of nitrogens with one attached hydrogen (secondary N) is 1. The molecular weight excluding hydrogens is 452 g/mol. The number of unbranched alkanes of at least 4 members (excludes halogenated alkanes) is 3. The highest BCUT2D eigenvalue weighted by Crippen LogP contribution is 2.25. The Hall–Kier alpha value is -3.46. The zero-order chi connectivity index (χ0) is 24.2. The normalized spacial score (nSPS) is 12.9. The number of thioether (sulfide) groups is 1. The van der Waals surface area contributed by atoms with Crippen LogP contribution in [-0.4, -0.2) is 45.0 Å². The number of anilines is 1. The summed E-state index contributed by atoms with van der Waals surface area (Å²) in [4.78, 5) is 55.7. The molecule has 0 bridgehead atoms. The second-order valence-corrected chi connectivity index (χ2v) is 9.14. The third-order valence-corrected chi connectivity index (χ3v) is 6.74. The van der Waals surface area contributed by atoms with E-state index in [9.17, 15) is 19.2 Å². The predicted octanol–water partition coefficient (Wildman–Crippen LogP) is 3.93. The van der Waals surface area contributed by atoms with E-state index in [1.165, 1.54) is 24.9 Å². The summed E-state index contributed by atoms with van der Waals surface area (Å²) in [7, 11) is 1.43. The standard InChI is InChI=1S/C25H26N4O4S/c1-3-4-5-8-13-29-24(33)18-9-6-7-10-20(18)27-25(29)34-15-21(30)26-16-11-12-17-19(14-16)23(32)28(2)22(17)31/h6-7,9-12,14H,3-5,8,13,15H2,1-2H3,(H,26,30). The fourth-order valence-electron chi connectivity index (χ4n) is 3.92. The molecule has 34 heavy (non-hydrogen) atoms. The smallest absolute Gasteiger partial charge is 0.262 e. The molecule has 0 saturated carbocycles. The van der Waals surface area contributed by atoms with Crippen LogP contribution >= 0.6 is 11.8 Å². The number of para-hydroxylation sites is 1. The molecule has 1 N–H and O–H groups in total. The largest absolute Gasteiger partial charge is 0.325 e. The molecule has 0 fully saturated rings. The number of imide groups is 1. The van der Waals surface area contributed by atoms with Crippen molar-refractivity contribution < 1.29 is 14.4 Å². The number of nitrogens with zero attached hydrogens (tertiary/aromatic N) is 3. The maximum atomic E-state index is 13.1. The molecule has 0 spiro atoms. The molecule has 0 saturated heterocycles. The van der Waals surface area contributed by atoms with Crippen LogP contribution in [0.15, 0.2) is 52.4 Å². The molecule has 0 aliphatic carbocycles. The van der Waals surface area contributed by atoms with Crippen molar-refractivity contribution in [2.75, 3.05) is 18.1 Å². The highest BCUT2D eigenvalue weighted by Gasteiger charge is 2.32. The Morgan fingerprint density at radius 3 is 2.56 bits per heavy atom. The van der Waals surface area contributed by atoms with E-state index in [0.29, 0.717) is 33.9 Å². The van der Waals surface area contributed by atoms with E-state index >= 15 is 0 Å². The van der Waals surface area contributed by atoms with Gasteiger partial charge in [-0.15, -0.1) is 0 Å². The Kier molecular flexibility index (Phi) is 7.12. The molecule has 4 rings (SSSR count). The van der Waals surface area contributed by atoms with Crippen molar-refractivity contribution >= 4 is 46.1 Å². The Bertz CT molecular complexity index is 1330. The van der Waals surface area contributed by atoms with Gasteiger partial charge in [0.15, 0.2) is 5.16 Å². The van der Waals surface area contributed by atoms with E-state index in [1.54, 1.807) is 28.8 Å². The first-order valence-electron chi connectivity index (χ1n) is 11.3. The molecule has 1 aromatic heterocycles. The number of carbonyl (C=O) groups excluding carboxylic acids is 3. The molecule has 0 atom stereocenters. The highest BCUT2D eigenvalue weighted by atomic mass is 32.2. The maximum Gasteiger partial charge on any atom is 0.262 e. The van der Waals surface area contributed by atoms with Crippen molar-refractivity contribution in [1.82, 2.24) is 14.5 Å². The van der Waals surface area contributed by atoms with Crippen LogP contribution in [0.1, 0.15) is 53.3 Å². The van der Waals surface area contributed by atoms with Crippen LogP contribution in [-0.2, 0) is 11.3 Å². The van der Waals surface area contributed by atoms with E-state index in [4.69, 9.17) is 0 Å². The van der Waals surface area contributed by atoms with Crippen molar-refractivity contribution in [3.63, 3.8) is 0 Å². The third kappa shape index (κ3) is 4.75. The minimum absolute atomic E-state index is 0.0452. The van der Waals surface area contributed by atoms with Crippen LogP contribution in [0.5, 0.6) is 0 Å². The summed E-state index contributed by atoms with van der Waals surface area (Å²) < 4.78 is 1.66. The highest BCUT2D eigenvalue weighted by molar-refractivity contribution is 7.99. The summed E-state index contributed by atoms with van der Waals surface area (Å²) in [5.41, 5.74) is 1.54. The van der Waals surface area contributed by atoms with Gasteiger partial charge >= 0.3 is 0 Å². The molecule has 0 radical (unpaired) electrons. The Labute approximate surface area is 201 Å². The van der Waals surface area contributed by atoms with Crippen LogP contribution in [0.4, 0.5) is 5.69 Å². The average Bonchev–Trinajstić information content (AvgIpc) is 3.05. The van der Waals surface area contributed by atoms with Gasteiger partial charge < -0.3 is 5.32 Å².